The van der Waals surface area contributed by atoms with Gasteiger partial charge in [-0.25, -0.2) is 0 Å². The first-order chi connectivity index (χ1) is 5.15. The molecule has 0 unspecified atom stereocenters. The van der Waals surface area contributed by atoms with Crippen LogP contribution >= 0.6 is 51.8 Å². The van der Waals surface area contributed by atoms with Gasteiger partial charge in [-0.05, 0) is 12.1 Å². The van der Waals surface area contributed by atoms with E-state index in [0.29, 0.717) is 20.8 Å². The van der Waals surface area contributed by atoms with Crippen LogP contribution in [0.2, 0.25) is 15.1 Å². The Kier molecular flexibility index (Phi) is 5.29. The molecule has 3 N–H and O–H groups in total. The molecular formula is C6H6BrCl3N2. The van der Waals surface area contributed by atoms with Crippen LogP contribution in [0, 0.1) is 0 Å². The molecule has 0 amide bonds. The van der Waals surface area contributed by atoms with Crippen molar-refractivity contribution in [1.82, 2.24) is 0 Å². The molecule has 0 aliphatic rings. The molecule has 1 aromatic carbocycles. The summed E-state index contributed by atoms with van der Waals surface area (Å²) in [5, 5.41) is 1.30. The first-order valence-corrected chi connectivity index (χ1v) is 3.89. The van der Waals surface area contributed by atoms with Gasteiger partial charge in [-0.1, -0.05) is 34.8 Å². The number of hydrazine groups is 1. The Hall–Kier alpha value is 0.330. The maximum absolute atomic E-state index is 5.72. The van der Waals surface area contributed by atoms with E-state index in [-0.39, 0.29) is 17.0 Å². The van der Waals surface area contributed by atoms with E-state index in [9.17, 15) is 0 Å². The van der Waals surface area contributed by atoms with Crippen LogP contribution in [0.15, 0.2) is 12.1 Å². The molecular weight excluding hydrogens is 286 g/mol. The Bertz CT molecular complexity index is 256. The number of hydrogen-bond acceptors (Lipinski definition) is 2. The van der Waals surface area contributed by atoms with E-state index in [2.05, 4.69) is 5.43 Å². The Labute approximate surface area is 95.7 Å². The van der Waals surface area contributed by atoms with Gasteiger partial charge in [0.05, 0.1) is 15.7 Å². The molecule has 0 aliphatic carbocycles. The summed E-state index contributed by atoms with van der Waals surface area (Å²) in [7, 11) is 0. The summed E-state index contributed by atoms with van der Waals surface area (Å²) in [6, 6.07) is 3.12. The Morgan fingerprint density at radius 3 is 1.83 bits per heavy atom. The van der Waals surface area contributed by atoms with Crippen molar-refractivity contribution < 1.29 is 0 Å². The maximum Gasteiger partial charge on any atom is 0.0861 e. The third-order valence-corrected chi connectivity index (χ3v) is 1.97. The van der Waals surface area contributed by atoms with Gasteiger partial charge in [0.25, 0.3) is 0 Å². The fourth-order valence-corrected chi connectivity index (χ4v) is 1.61. The molecule has 2 nitrogen and oxygen atoms in total. The van der Waals surface area contributed by atoms with Crippen molar-refractivity contribution in [2.75, 3.05) is 5.43 Å². The summed E-state index contributed by atoms with van der Waals surface area (Å²) in [6.45, 7) is 0. The fraction of sp³-hybridized carbons (Fsp3) is 0. The lowest BCUT2D eigenvalue weighted by Crippen LogP contribution is -2.07. The van der Waals surface area contributed by atoms with E-state index < -0.39 is 0 Å². The highest BCUT2D eigenvalue weighted by Gasteiger charge is 2.04. The van der Waals surface area contributed by atoms with Crippen molar-refractivity contribution in [1.29, 1.82) is 0 Å². The van der Waals surface area contributed by atoms with Gasteiger partial charge in [0.2, 0.25) is 0 Å². The lowest BCUT2D eigenvalue weighted by Gasteiger charge is -2.05. The summed E-state index contributed by atoms with van der Waals surface area (Å²) >= 11 is 17.1. The SMILES string of the molecule is Br.NNc1c(Cl)cc(Cl)cc1Cl. The first kappa shape index (κ1) is 12.3. The molecule has 0 radical (unpaired) electrons. The number of nitrogens with two attached hydrogens (primary N) is 1. The minimum atomic E-state index is 0. The molecule has 0 spiro atoms. The molecule has 0 bridgehead atoms. The molecule has 0 atom stereocenters. The van der Waals surface area contributed by atoms with E-state index in [1.807, 2.05) is 0 Å². The zero-order chi connectivity index (χ0) is 8.43. The molecule has 12 heavy (non-hydrogen) atoms. The molecule has 0 fully saturated rings. The monoisotopic (exact) mass is 290 g/mol. The van der Waals surface area contributed by atoms with Gasteiger partial charge < -0.3 is 5.43 Å². The van der Waals surface area contributed by atoms with Gasteiger partial charge in [-0.2, -0.15) is 0 Å². The largest absolute Gasteiger partial charge is 0.321 e. The molecule has 0 saturated carbocycles. The van der Waals surface area contributed by atoms with E-state index >= 15 is 0 Å². The van der Waals surface area contributed by atoms with Crippen LogP contribution in [-0.4, -0.2) is 0 Å². The summed E-state index contributed by atoms with van der Waals surface area (Å²) in [6.07, 6.45) is 0. The van der Waals surface area contributed by atoms with Gasteiger partial charge in [-0.15, -0.1) is 17.0 Å². The normalized spacial score (nSPS) is 9.00. The minimum Gasteiger partial charge on any atom is -0.321 e. The predicted molar refractivity (Wildman–Crippen MR) is 59.6 cm³/mol. The molecule has 1 aromatic rings. The van der Waals surface area contributed by atoms with Crippen molar-refractivity contribution in [3.05, 3.63) is 27.2 Å². The van der Waals surface area contributed by atoms with Gasteiger partial charge in [0.15, 0.2) is 0 Å². The van der Waals surface area contributed by atoms with Gasteiger partial charge in [-0.3, -0.25) is 5.84 Å². The van der Waals surface area contributed by atoms with Crippen LogP contribution < -0.4 is 11.3 Å². The van der Waals surface area contributed by atoms with Gasteiger partial charge in [0, 0.05) is 5.02 Å². The Balaban J connectivity index is 0.00000121. The maximum atomic E-state index is 5.72. The van der Waals surface area contributed by atoms with Crippen LogP contribution in [0.5, 0.6) is 0 Å². The predicted octanol–water partition coefficient (Wildman–Crippen LogP) is 3.51. The first-order valence-electron chi connectivity index (χ1n) is 2.76. The van der Waals surface area contributed by atoms with Crippen molar-refractivity contribution in [3.63, 3.8) is 0 Å². The summed E-state index contributed by atoms with van der Waals surface area (Å²) in [5.74, 6) is 5.14. The Morgan fingerprint density at radius 2 is 1.50 bits per heavy atom. The highest BCUT2D eigenvalue weighted by atomic mass is 79.9. The fourth-order valence-electron chi connectivity index (χ4n) is 0.680. The average molecular weight is 292 g/mol. The zero-order valence-corrected chi connectivity index (χ0v) is 9.76. The summed E-state index contributed by atoms with van der Waals surface area (Å²) in [4.78, 5) is 0. The highest BCUT2D eigenvalue weighted by Crippen LogP contribution is 2.32. The van der Waals surface area contributed by atoms with E-state index in [4.69, 9.17) is 40.6 Å². The van der Waals surface area contributed by atoms with Gasteiger partial charge in [0.1, 0.15) is 0 Å². The van der Waals surface area contributed by atoms with Crippen LogP contribution in [0.1, 0.15) is 0 Å². The lowest BCUT2D eigenvalue weighted by atomic mass is 10.3. The van der Waals surface area contributed by atoms with Gasteiger partial charge >= 0.3 is 0 Å². The topological polar surface area (TPSA) is 38.0 Å². The standard InChI is InChI=1S/C6H5Cl3N2.BrH/c7-3-1-4(8)6(11-10)5(9)2-3;/h1-2,11H,10H2;1H. The summed E-state index contributed by atoms with van der Waals surface area (Å²) < 4.78 is 0. The van der Waals surface area contributed by atoms with Crippen LogP contribution in [0.4, 0.5) is 5.69 Å². The quantitative estimate of drug-likeness (QED) is 0.614. The number of anilines is 1. The molecule has 0 aliphatic heterocycles. The number of halogens is 4. The molecule has 0 aromatic heterocycles. The average Bonchev–Trinajstić information content (AvgIpc) is 1.85. The van der Waals surface area contributed by atoms with E-state index in [1.165, 1.54) is 0 Å². The van der Waals surface area contributed by atoms with E-state index in [0.717, 1.165) is 0 Å². The number of benzene rings is 1. The highest BCUT2D eigenvalue weighted by molar-refractivity contribution is 8.93. The van der Waals surface area contributed by atoms with Crippen LogP contribution in [0.3, 0.4) is 0 Å². The smallest absolute Gasteiger partial charge is 0.0861 e. The molecule has 1 rings (SSSR count). The number of nitrogen functional groups attached to an aromatic ring is 1. The van der Waals surface area contributed by atoms with Crippen molar-refractivity contribution in [2.45, 2.75) is 0 Å². The van der Waals surface area contributed by atoms with Crippen LogP contribution in [-0.2, 0) is 0 Å². The van der Waals surface area contributed by atoms with E-state index in [1.54, 1.807) is 12.1 Å². The van der Waals surface area contributed by atoms with Crippen molar-refractivity contribution in [2.24, 2.45) is 5.84 Å². The molecule has 68 valence electrons. The van der Waals surface area contributed by atoms with Crippen LogP contribution in [0.25, 0.3) is 0 Å². The number of rotatable bonds is 1. The third kappa shape index (κ3) is 2.68. The minimum absolute atomic E-state index is 0. The molecule has 6 heteroatoms. The Morgan fingerprint density at radius 1 is 1.08 bits per heavy atom. The number of hydrogen-bond donors (Lipinski definition) is 2. The second-order valence-electron chi connectivity index (χ2n) is 1.89. The molecule has 0 heterocycles. The zero-order valence-electron chi connectivity index (χ0n) is 5.77. The molecule has 0 saturated heterocycles. The third-order valence-electron chi connectivity index (χ3n) is 1.15. The van der Waals surface area contributed by atoms with Crippen molar-refractivity contribution >= 4 is 57.5 Å². The second kappa shape index (κ2) is 5.14. The second-order valence-corrected chi connectivity index (χ2v) is 3.14. The summed E-state index contributed by atoms with van der Waals surface area (Å²) in [5.41, 5.74) is 2.85. The van der Waals surface area contributed by atoms with Crippen molar-refractivity contribution in [3.8, 4) is 0 Å². The number of nitrogens with one attached hydrogen (secondary N) is 1. The lowest BCUT2D eigenvalue weighted by molar-refractivity contribution is 1.35.